The predicted octanol–water partition coefficient (Wildman–Crippen LogP) is 2.14. The Morgan fingerprint density at radius 3 is 2.87 bits per heavy atom. The summed E-state index contributed by atoms with van der Waals surface area (Å²) in [5.74, 6) is -0.132. The molecule has 0 saturated carbocycles. The summed E-state index contributed by atoms with van der Waals surface area (Å²) >= 11 is 0. The van der Waals surface area contributed by atoms with Crippen molar-refractivity contribution in [3.05, 3.63) is 53.9 Å². The summed E-state index contributed by atoms with van der Waals surface area (Å²) < 4.78 is 46.7. The van der Waals surface area contributed by atoms with Crippen LogP contribution in [0, 0.1) is 5.82 Å². The zero-order chi connectivity index (χ0) is 22.2. The Hall–Kier alpha value is -3.05. The van der Waals surface area contributed by atoms with Crippen LogP contribution in [0.1, 0.15) is 35.1 Å². The van der Waals surface area contributed by atoms with Crippen molar-refractivity contribution in [2.75, 3.05) is 20.1 Å². The molecule has 1 unspecified atom stereocenters. The first-order valence-corrected chi connectivity index (χ1v) is 11.3. The van der Waals surface area contributed by atoms with Crippen molar-refractivity contribution in [1.82, 2.24) is 24.3 Å². The number of carbonyl (C=O) groups is 1. The number of halogens is 1. The molecule has 11 heteroatoms. The summed E-state index contributed by atoms with van der Waals surface area (Å²) in [6, 6.07) is 7.31. The molecule has 4 rings (SSSR count). The molecule has 1 atom stereocenters. The van der Waals surface area contributed by atoms with Crippen molar-refractivity contribution >= 4 is 15.9 Å². The molecule has 3 aromatic rings. The van der Waals surface area contributed by atoms with E-state index in [4.69, 9.17) is 4.52 Å². The van der Waals surface area contributed by atoms with Crippen LogP contribution in [0.15, 0.2) is 45.9 Å². The van der Waals surface area contributed by atoms with Gasteiger partial charge in [-0.2, -0.15) is 4.98 Å². The van der Waals surface area contributed by atoms with Gasteiger partial charge in [-0.25, -0.2) is 17.5 Å². The summed E-state index contributed by atoms with van der Waals surface area (Å²) in [4.78, 5) is 19.2. The second-order valence-corrected chi connectivity index (χ2v) is 9.32. The van der Waals surface area contributed by atoms with Gasteiger partial charge in [0.05, 0.1) is 5.92 Å². The van der Waals surface area contributed by atoms with Crippen molar-refractivity contribution in [1.29, 1.82) is 0 Å². The highest BCUT2D eigenvalue weighted by molar-refractivity contribution is 7.89. The number of nitrogens with one attached hydrogen (secondary N) is 1. The first-order chi connectivity index (χ1) is 14.8. The Kier molecular flexibility index (Phi) is 5.63. The molecule has 1 aliphatic heterocycles. The van der Waals surface area contributed by atoms with Crippen LogP contribution < -0.4 is 4.72 Å². The highest BCUT2D eigenvalue weighted by Gasteiger charge is 2.31. The van der Waals surface area contributed by atoms with Crippen molar-refractivity contribution < 1.29 is 22.1 Å². The standard InChI is InChI=1S/C20H22FN5O4S/c1-22-31(28,29)16-10-17(25(2)12-16)20(27)26-8-4-6-14(11-26)19-23-18(24-30-19)13-5-3-7-15(21)9-13/h3,5,7,9-10,12,14,22H,4,6,8,11H2,1-2H3. The lowest BCUT2D eigenvalue weighted by molar-refractivity contribution is 0.0686. The number of carbonyl (C=O) groups excluding carboxylic acids is 1. The van der Waals surface area contributed by atoms with E-state index in [-0.39, 0.29) is 28.2 Å². The maximum Gasteiger partial charge on any atom is 0.270 e. The summed E-state index contributed by atoms with van der Waals surface area (Å²) in [5, 5.41) is 3.95. The number of hydrogen-bond donors (Lipinski definition) is 1. The molecule has 0 aliphatic carbocycles. The lowest BCUT2D eigenvalue weighted by Crippen LogP contribution is -2.39. The molecule has 1 saturated heterocycles. The number of likely N-dealkylation sites (tertiary alicyclic amines) is 1. The summed E-state index contributed by atoms with van der Waals surface area (Å²) in [5.41, 5.74) is 0.793. The fraction of sp³-hybridized carbons (Fsp3) is 0.350. The fourth-order valence-corrected chi connectivity index (χ4v) is 4.48. The molecular formula is C20H22FN5O4S. The molecule has 1 fully saturated rings. The van der Waals surface area contributed by atoms with Gasteiger partial charge < -0.3 is 14.0 Å². The number of aryl methyl sites for hydroxylation is 1. The average molecular weight is 447 g/mol. The maximum absolute atomic E-state index is 13.5. The van der Waals surface area contributed by atoms with E-state index in [1.54, 1.807) is 24.1 Å². The van der Waals surface area contributed by atoms with Crippen LogP contribution in [-0.2, 0) is 17.1 Å². The first-order valence-electron chi connectivity index (χ1n) is 9.77. The van der Waals surface area contributed by atoms with E-state index in [1.807, 2.05) is 0 Å². The lowest BCUT2D eigenvalue weighted by Gasteiger charge is -2.31. The first kappa shape index (κ1) is 21.2. The van der Waals surface area contributed by atoms with Crippen LogP contribution in [0.25, 0.3) is 11.4 Å². The zero-order valence-corrected chi connectivity index (χ0v) is 17.9. The second kappa shape index (κ2) is 8.23. The Balaban J connectivity index is 1.52. The molecule has 1 N–H and O–H groups in total. The van der Waals surface area contributed by atoms with E-state index in [9.17, 15) is 17.6 Å². The van der Waals surface area contributed by atoms with E-state index in [1.165, 1.54) is 36.0 Å². The van der Waals surface area contributed by atoms with Crippen LogP contribution >= 0.6 is 0 Å². The van der Waals surface area contributed by atoms with Gasteiger partial charge >= 0.3 is 0 Å². The average Bonchev–Trinajstić information content (AvgIpc) is 3.41. The number of aromatic nitrogens is 3. The largest absolute Gasteiger partial charge is 0.345 e. The highest BCUT2D eigenvalue weighted by Crippen LogP contribution is 2.29. The van der Waals surface area contributed by atoms with Gasteiger partial charge in [-0.05, 0) is 38.1 Å². The normalized spacial score (nSPS) is 17.1. The summed E-state index contributed by atoms with van der Waals surface area (Å²) in [7, 11) is -0.694. The van der Waals surface area contributed by atoms with Crippen molar-refractivity contribution in [2.24, 2.45) is 7.05 Å². The predicted molar refractivity (Wildman–Crippen MR) is 109 cm³/mol. The van der Waals surface area contributed by atoms with Gasteiger partial charge in [0, 0.05) is 31.9 Å². The van der Waals surface area contributed by atoms with Crippen molar-refractivity contribution in [3.63, 3.8) is 0 Å². The SMILES string of the molecule is CNS(=O)(=O)c1cc(C(=O)N2CCCC(c3nc(-c4cccc(F)c4)no3)C2)n(C)c1. The smallest absolute Gasteiger partial charge is 0.270 e. The second-order valence-electron chi connectivity index (χ2n) is 7.44. The Morgan fingerprint density at radius 2 is 2.13 bits per heavy atom. The van der Waals surface area contributed by atoms with Gasteiger partial charge in [0.15, 0.2) is 0 Å². The minimum atomic E-state index is -3.65. The van der Waals surface area contributed by atoms with Gasteiger partial charge in [0.1, 0.15) is 16.4 Å². The van der Waals surface area contributed by atoms with Crippen molar-refractivity contribution in [3.8, 4) is 11.4 Å². The molecule has 1 aromatic carbocycles. The molecule has 31 heavy (non-hydrogen) atoms. The van der Waals surface area contributed by atoms with Crippen LogP contribution in [0.2, 0.25) is 0 Å². The molecule has 1 aliphatic rings. The third-order valence-electron chi connectivity index (χ3n) is 5.36. The van der Waals surface area contributed by atoms with Gasteiger partial charge in [-0.15, -0.1) is 0 Å². The van der Waals surface area contributed by atoms with Crippen molar-refractivity contribution in [2.45, 2.75) is 23.7 Å². The quantitative estimate of drug-likeness (QED) is 0.642. The van der Waals surface area contributed by atoms with Gasteiger partial charge in [0.2, 0.25) is 21.7 Å². The molecule has 164 valence electrons. The summed E-state index contributed by atoms with van der Waals surface area (Å²) in [6.45, 7) is 0.905. The van der Waals surface area contributed by atoms with Crippen LogP contribution in [-0.4, -0.2) is 54.1 Å². The highest BCUT2D eigenvalue weighted by atomic mass is 32.2. The molecule has 0 radical (unpaired) electrons. The number of rotatable bonds is 5. The van der Waals surface area contributed by atoms with Gasteiger partial charge in [-0.3, -0.25) is 4.79 Å². The monoisotopic (exact) mass is 447 g/mol. The number of hydrogen-bond acceptors (Lipinski definition) is 6. The Bertz CT molecular complexity index is 1220. The van der Waals surface area contributed by atoms with E-state index in [0.29, 0.717) is 30.4 Å². The zero-order valence-electron chi connectivity index (χ0n) is 17.1. The van der Waals surface area contributed by atoms with Crippen LogP contribution in [0.3, 0.4) is 0 Å². The molecule has 9 nitrogen and oxygen atoms in total. The molecule has 0 bridgehead atoms. The third kappa shape index (κ3) is 4.23. The fourth-order valence-electron chi connectivity index (χ4n) is 3.68. The molecule has 2 aromatic heterocycles. The number of sulfonamides is 1. The van der Waals surface area contributed by atoms with E-state index >= 15 is 0 Å². The Morgan fingerprint density at radius 1 is 1.32 bits per heavy atom. The van der Waals surface area contributed by atoms with E-state index < -0.39 is 10.0 Å². The summed E-state index contributed by atoms with van der Waals surface area (Å²) in [6.07, 6.45) is 2.91. The number of amides is 1. The van der Waals surface area contributed by atoms with Gasteiger partial charge in [-0.1, -0.05) is 17.3 Å². The molecule has 3 heterocycles. The van der Waals surface area contributed by atoms with E-state index in [0.717, 1.165) is 12.8 Å². The minimum Gasteiger partial charge on any atom is -0.345 e. The van der Waals surface area contributed by atoms with Crippen LogP contribution in [0.4, 0.5) is 4.39 Å². The number of piperidine rings is 1. The number of nitrogens with zero attached hydrogens (tertiary/aromatic N) is 4. The maximum atomic E-state index is 13.5. The van der Waals surface area contributed by atoms with Crippen LogP contribution in [0.5, 0.6) is 0 Å². The third-order valence-corrected chi connectivity index (χ3v) is 6.74. The van der Waals surface area contributed by atoms with E-state index in [2.05, 4.69) is 14.9 Å². The lowest BCUT2D eigenvalue weighted by atomic mass is 9.97. The topological polar surface area (TPSA) is 110 Å². The van der Waals surface area contributed by atoms with Gasteiger partial charge in [0.25, 0.3) is 5.91 Å². The molecular weight excluding hydrogens is 425 g/mol. The molecule has 0 spiro atoms. The minimum absolute atomic E-state index is 0.0334. The number of benzene rings is 1. The molecule has 1 amide bonds. The Labute approximate surface area is 178 Å².